The largest absolute Gasteiger partial charge is 0.411 e. The van der Waals surface area contributed by atoms with Crippen LogP contribution in [0.5, 0.6) is 0 Å². The molecule has 4 rings (SSSR count). The molecule has 0 aliphatic carbocycles. The van der Waals surface area contributed by atoms with Gasteiger partial charge in [-0.05, 0) is 42.8 Å². The summed E-state index contributed by atoms with van der Waals surface area (Å²) in [4.78, 5) is 14.5. The molecule has 3 aromatic rings. The number of sulfonamides is 1. The lowest BCUT2D eigenvalue weighted by molar-refractivity contribution is -0.113. The molecule has 2 heterocycles. The van der Waals surface area contributed by atoms with Gasteiger partial charge in [0, 0.05) is 43.1 Å². The quantitative estimate of drug-likeness (QED) is 0.507. The Morgan fingerprint density at radius 1 is 1.06 bits per heavy atom. The lowest BCUT2D eigenvalue weighted by Gasteiger charge is -2.34. The van der Waals surface area contributed by atoms with Crippen LogP contribution in [0.4, 0.5) is 11.4 Å². The molecule has 0 saturated carbocycles. The number of piperazine rings is 1. The number of hydrogen-bond donors (Lipinski definition) is 1. The maximum absolute atomic E-state index is 12.3. The van der Waals surface area contributed by atoms with Crippen molar-refractivity contribution < 1.29 is 17.6 Å². The van der Waals surface area contributed by atoms with E-state index in [1.165, 1.54) is 22.3 Å². The highest BCUT2D eigenvalue weighted by Gasteiger charge is 2.23. The molecule has 1 N–H and O–H groups in total. The molecule has 1 aliphatic heterocycles. The van der Waals surface area contributed by atoms with Gasteiger partial charge in [0.05, 0.1) is 12.0 Å². The molecular formula is C22H25N5O4S2. The van der Waals surface area contributed by atoms with E-state index in [4.69, 9.17) is 4.42 Å². The van der Waals surface area contributed by atoms with Crippen molar-refractivity contribution in [1.82, 2.24) is 14.5 Å². The molecule has 0 radical (unpaired) electrons. The Morgan fingerprint density at radius 3 is 2.42 bits per heavy atom. The minimum absolute atomic E-state index is 0.143. The molecule has 0 unspecified atom stereocenters. The van der Waals surface area contributed by atoms with Gasteiger partial charge in [0.1, 0.15) is 0 Å². The number of carbonyl (C=O) groups is 1. The predicted octanol–water partition coefficient (Wildman–Crippen LogP) is 2.86. The maximum Gasteiger partial charge on any atom is 0.277 e. The molecule has 0 atom stereocenters. The number of hydrogen-bond acceptors (Lipinski definition) is 8. The SMILES string of the molecule is Cc1ccccc1-c1nnc(SCC(=O)Nc2ccc(N3CCN(S(C)(=O)=O)CC3)cc2)o1. The second-order valence-electron chi connectivity index (χ2n) is 7.72. The van der Waals surface area contributed by atoms with Crippen LogP contribution >= 0.6 is 11.8 Å². The summed E-state index contributed by atoms with van der Waals surface area (Å²) in [6.45, 7) is 4.17. The molecule has 1 saturated heterocycles. The van der Waals surface area contributed by atoms with E-state index in [1.54, 1.807) is 0 Å². The van der Waals surface area contributed by atoms with Crippen molar-refractivity contribution in [2.75, 3.05) is 48.4 Å². The number of nitrogens with zero attached hydrogens (tertiary/aromatic N) is 4. The normalized spacial score (nSPS) is 14.9. The van der Waals surface area contributed by atoms with Crippen LogP contribution in [-0.4, -0.2) is 67.0 Å². The molecule has 1 amide bonds. The number of benzene rings is 2. The van der Waals surface area contributed by atoms with Gasteiger partial charge in [0.25, 0.3) is 5.22 Å². The van der Waals surface area contributed by atoms with Crippen LogP contribution in [0.1, 0.15) is 5.56 Å². The molecule has 174 valence electrons. The molecule has 1 fully saturated rings. The fourth-order valence-corrected chi connectivity index (χ4v) is 4.94. The average molecular weight is 488 g/mol. The second-order valence-corrected chi connectivity index (χ2v) is 10.6. The third-order valence-corrected chi connectivity index (χ3v) is 7.45. The van der Waals surface area contributed by atoms with Gasteiger partial charge in [-0.1, -0.05) is 30.0 Å². The topological polar surface area (TPSA) is 109 Å². The summed E-state index contributed by atoms with van der Waals surface area (Å²) >= 11 is 1.18. The van der Waals surface area contributed by atoms with Crippen molar-refractivity contribution in [1.29, 1.82) is 0 Å². The van der Waals surface area contributed by atoms with Gasteiger partial charge in [0.2, 0.25) is 21.8 Å². The standard InChI is InChI=1S/C22H25N5O4S2/c1-16-5-3-4-6-19(16)21-24-25-22(31-21)32-15-20(28)23-17-7-9-18(10-8-17)26-11-13-27(14-12-26)33(2,29)30/h3-10H,11-15H2,1-2H3,(H,23,28). The predicted molar refractivity (Wildman–Crippen MR) is 129 cm³/mol. The molecule has 33 heavy (non-hydrogen) atoms. The van der Waals surface area contributed by atoms with Crippen molar-refractivity contribution in [3.05, 3.63) is 54.1 Å². The van der Waals surface area contributed by atoms with Crippen molar-refractivity contribution in [3.8, 4) is 11.5 Å². The van der Waals surface area contributed by atoms with Crippen LogP contribution in [0.3, 0.4) is 0 Å². The van der Waals surface area contributed by atoms with E-state index in [0.29, 0.717) is 43.0 Å². The van der Waals surface area contributed by atoms with Crippen molar-refractivity contribution >= 4 is 39.1 Å². The zero-order valence-electron chi connectivity index (χ0n) is 18.4. The van der Waals surface area contributed by atoms with Gasteiger partial charge in [0.15, 0.2) is 0 Å². The fraction of sp³-hybridized carbons (Fsp3) is 0.318. The van der Waals surface area contributed by atoms with E-state index in [0.717, 1.165) is 16.8 Å². The zero-order valence-corrected chi connectivity index (χ0v) is 20.0. The summed E-state index contributed by atoms with van der Waals surface area (Å²) in [5.41, 5.74) is 3.59. The Kier molecular flexibility index (Phi) is 7.01. The summed E-state index contributed by atoms with van der Waals surface area (Å²) in [5.74, 6) is 0.402. The number of thioether (sulfide) groups is 1. The minimum Gasteiger partial charge on any atom is -0.411 e. The summed E-state index contributed by atoms with van der Waals surface area (Å²) in [7, 11) is -3.15. The van der Waals surface area contributed by atoms with Crippen molar-refractivity contribution in [2.45, 2.75) is 12.1 Å². The first-order chi connectivity index (χ1) is 15.8. The number of anilines is 2. The average Bonchev–Trinajstić information content (AvgIpc) is 3.27. The van der Waals surface area contributed by atoms with Crippen LogP contribution in [0, 0.1) is 6.92 Å². The maximum atomic E-state index is 12.3. The summed E-state index contributed by atoms with van der Waals surface area (Å²) in [5, 5.41) is 11.3. The van der Waals surface area contributed by atoms with Gasteiger partial charge >= 0.3 is 0 Å². The van der Waals surface area contributed by atoms with E-state index >= 15 is 0 Å². The highest BCUT2D eigenvalue weighted by atomic mass is 32.2. The molecule has 11 heteroatoms. The summed E-state index contributed by atoms with van der Waals surface area (Å²) in [6.07, 6.45) is 1.24. The third kappa shape index (κ3) is 5.92. The Bertz CT molecular complexity index is 1220. The van der Waals surface area contributed by atoms with Crippen molar-refractivity contribution in [2.24, 2.45) is 0 Å². The summed E-state index contributed by atoms with van der Waals surface area (Å²) in [6, 6.07) is 15.3. The van der Waals surface area contributed by atoms with Gasteiger partial charge in [-0.3, -0.25) is 4.79 Å². The Hall–Kier alpha value is -2.89. The molecular weight excluding hydrogens is 462 g/mol. The lowest BCUT2D eigenvalue weighted by atomic mass is 10.1. The van der Waals surface area contributed by atoms with E-state index in [2.05, 4.69) is 20.4 Å². The highest BCUT2D eigenvalue weighted by Crippen LogP contribution is 2.26. The highest BCUT2D eigenvalue weighted by molar-refractivity contribution is 7.99. The van der Waals surface area contributed by atoms with Crippen LogP contribution in [0.15, 0.2) is 58.2 Å². The number of carbonyl (C=O) groups excluding carboxylic acids is 1. The van der Waals surface area contributed by atoms with E-state index in [9.17, 15) is 13.2 Å². The second kappa shape index (κ2) is 9.94. The van der Waals surface area contributed by atoms with Crippen LogP contribution in [0.25, 0.3) is 11.5 Å². The van der Waals surface area contributed by atoms with Crippen LogP contribution in [0.2, 0.25) is 0 Å². The Balaban J connectivity index is 1.27. The number of amides is 1. The molecule has 9 nitrogen and oxygen atoms in total. The van der Waals surface area contributed by atoms with Crippen LogP contribution in [-0.2, 0) is 14.8 Å². The first-order valence-electron chi connectivity index (χ1n) is 10.4. The fourth-order valence-electron chi connectivity index (χ4n) is 3.55. The number of nitrogens with one attached hydrogen (secondary N) is 1. The first kappa shape index (κ1) is 23.3. The van der Waals surface area contributed by atoms with Gasteiger partial charge < -0.3 is 14.6 Å². The Labute approximate surface area is 197 Å². The molecule has 0 spiro atoms. The summed E-state index contributed by atoms with van der Waals surface area (Å²) < 4.78 is 30.5. The van der Waals surface area contributed by atoms with E-state index in [1.807, 2.05) is 55.5 Å². The molecule has 1 aromatic heterocycles. The van der Waals surface area contributed by atoms with Crippen molar-refractivity contribution in [3.63, 3.8) is 0 Å². The monoisotopic (exact) mass is 487 g/mol. The number of rotatable bonds is 7. The smallest absolute Gasteiger partial charge is 0.277 e. The van der Waals surface area contributed by atoms with Gasteiger partial charge in [-0.2, -0.15) is 4.31 Å². The van der Waals surface area contributed by atoms with E-state index in [-0.39, 0.29) is 11.7 Å². The number of aromatic nitrogens is 2. The zero-order chi connectivity index (χ0) is 23.4. The van der Waals surface area contributed by atoms with E-state index < -0.39 is 10.0 Å². The third-order valence-electron chi connectivity index (χ3n) is 5.33. The number of aryl methyl sites for hydroxylation is 1. The van der Waals surface area contributed by atoms with Gasteiger partial charge in [-0.15, -0.1) is 10.2 Å². The van der Waals surface area contributed by atoms with Gasteiger partial charge in [-0.25, -0.2) is 8.42 Å². The first-order valence-corrected chi connectivity index (χ1v) is 13.3. The minimum atomic E-state index is -3.15. The lowest BCUT2D eigenvalue weighted by Crippen LogP contribution is -2.48. The van der Waals surface area contributed by atoms with Crippen LogP contribution < -0.4 is 10.2 Å². The molecule has 0 bridgehead atoms. The Morgan fingerprint density at radius 2 is 1.76 bits per heavy atom. The molecule has 2 aromatic carbocycles. The molecule has 1 aliphatic rings.